The Morgan fingerprint density at radius 3 is 2.25 bits per heavy atom. The van der Waals surface area contributed by atoms with Crippen LogP contribution < -0.4 is 0 Å². The molecule has 0 aromatic carbocycles. The van der Waals surface area contributed by atoms with Crippen molar-refractivity contribution in [2.45, 2.75) is 26.2 Å². The maximum Gasteiger partial charge on any atom is 0.697 e. The zero-order valence-corrected chi connectivity index (χ0v) is 10.5. The molecule has 0 saturated carbocycles. The van der Waals surface area contributed by atoms with E-state index in [2.05, 4.69) is 13.4 Å². The molecule has 16 heavy (non-hydrogen) atoms. The van der Waals surface area contributed by atoms with Crippen LogP contribution in [-0.2, 0) is 32.9 Å². The Balaban J connectivity index is 4.65. The summed E-state index contributed by atoms with van der Waals surface area (Å²) in [6.07, 6.45) is -2.07. The van der Waals surface area contributed by atoms with Crippen LogP contribution in [0.5, 0.6) is 0 Å². The van der Waals surface area contributed by atoms with Gasteiger partial charge < -0.3 is 4.74 Å². The molecular formula is C6H12O8PS+. The lowest BCUT2D eigenvalue weighted by atomic mass is 10.4. The minimum absolute atomic E-state index is 0.702. The van der Waals surface area contributed by atoms with Gasteiger partial charge in [-0.15, -0.1) is 4.89 Å². The quantitative estimate of drug-likeness (QED) is 0.309. The maximum absolute atomic E-state index is 10.8. The molecule has 0 aliphatic carbocycles. The first-order valence-corrected chi connectivity index (χ1v) is 6.95. The SMILES string of the molecule is CC(=O)O[C@@H](C)[C@@H](O[P+](=O)O)OS(C)(=O)=O. The molecule has 0 spiro atoms. The van der Waals surface area contributed by atoms with Gasteiger partial charge in [0.1, 0.15) is 0 Å². The molecule has 0 heterocycles. The van der Waals surface area contributed by atoms with Crippen LogP contribution in [0.3, 0.4) is 0 Å². The summed E-state index contributed by atoms with van der Waals surface area (Å²) in [4.78, 5) is 19.1. The Morgan fingerprint density at radius 2 is 1.94 bits per heavy atom. The van der Waals surface area contributed by atoms with Crippen LogP contribution in [0, 0.1) is 0 Å². The molecule has 0 aromatic heterocycles. The molecule has 0 saturated heterocycles. The molecule has 8 nitrogen and oxygen atoms in total. The van der Waals surface area contributed by atoms with Gasteiger partial charge in [-0.25, -0.2) is 4.18 Å². The van der Waals surface area contributed by atoms with Crippen LogP contribution >= 0.6 is 8.25 Å². The third kappa shape index (κ3) is 7.66. The molecule has 3 atom stereocenters. The van der Waals surface area contributed by atoms with Gasteiger partial charge in [0.25, 0.3) is 16.4 Å². The first-order valence-electron chi connectivity index (χ1n) is 4.00. The molecule has 0 bridgehead atoms. The van der Waals surface area contributed by atoms with E-state index in [1.54, 1.807) is 0 Å². The number of ether oxygens (including phenoxy) is 1. The zero-order valence-electron chi connectivity index (χ0n) is 8.82. The highest BCUT2D eigenvalue weighted by atomic mass is 32.2. The number of esters is 1. The smallest absolute Gasteiger partial charge is 0.457 e. The van der Waals surface area contributed by atoms with Crippen molar-refractivity contribution < 1.29 is 36.1 Å². The summed E-state index contributed by atoms with van der Waals surface area (Å²) in [6, 6.07) is 0. The summed E-state index contributed by atoms with van der Waals surface area (Å²) in [5.74, 6) is -0.702. The van der Waals surface area contributed by atoms with E-state index in [0.29, 0.717) is 0 Å². The number of hydrogen-bond acceptors (Lipinski definition) is 7. The Labute approximate surface area is 93.6 Å². The van der Waals surface area contributed by atoms with Gasteiger partial charge in [0, 0.05) is 11.5 Å². The van der Waals surface area contributed by atoms with E-state index in [1.807, 2.05) is 0 Å². The summed E-state index contributed by atoms with van der Waals surface area (Å²) < 4.78 is 45.2. The lowest BCUT2D eigenvalue weighted by Crippen LogP contribution is -2.33. The molecule has 10 heteroatoms. The molecule has 0 radical (unpaired) electrons. The lowest BCUT2D eigenvalue weighted by molar-refractivity contribution is -0.160. The average Bonchev–Trinajstić information content (AvgIpc) is 1.97. The monoisotopic (exact) mass is 275 g/mol. The first kappa shape index (κ1) is 15.4. The number of carbonyl (C=O) groups excluding carboxylic acids is 1. The van der Waals surface area contributed by atoms with Crippen molar-refractivity contribution in [2.24, 2.45) is 0 Å². The second-order valence-electron chi connectivity index (χ2n) is 2.83. The fraction of sp³-hybridized carbons (Fsp3) is 0.833. The molecule has 0 rings (SSSR count). The standard InChI is InChI=1S/C6H11O8PS/c1-4(12-5(2)7)6(13-15(8)9)14-16(3,10)11/h4,6H,1-3H3/p+1/t4-,6-/m0/s1. The summed E-state index contributed by atoms with van der Waals surface area (Å²) in [5, 5.41) is 0. The van der Waals surface area contributed by atoms with E-state index in [9.17, 15) is 17.8 Å². The van der Waals surface area contributed by atoms with E-state index in [4.69, 9.17) is 4.89 Å². The van der Waals surface area contributed by atoms with Gasteiger partial charge in [0.05, 0.1) is 6.26 Å². The zero-order chi connectivity index (χ0) is 12.9. The lowest BCUT2D eigenvalue weighted by Gasteiger charge is -2.17. The second-order valence-corrected chi connectivity index (χ2v) is 5.11. The third-order valence-electron chi connectivity index (χ3n) is 1.20. The van der Waals surface area contributed by atoms with Crippen LogP contribution in [0.15, 0.2) is 0 Å². The molecule has 0 aliphatic heterocycles. The Bertz CT molecular complexity index is 363. The summed E-state index contributed by atoms with van der Waals surface area (Å²) in [7, 11) is -6.99. The van der Waals surface area contributed by atoms with Gasteiger partial charge in [-0.05, 0) is 6.92 Å². The Hall–Kier alpha value is -0.600. The molecule has 0 amide bonds. The van der Waals surface area contributed by atoms with Crippen molar-refractivity contribution in [2.75, 3.05) is 6.26 Å². The van der Waals surface area contributed by atoms with Gasteiger partial charge in [-0.3, -0.25) is 4.79 Å². The van der Waals surface area contributed by atoms with E-state index >= 15 is 0 Å². The maximum atomic E-state index is 10.8. The number of hydrogen-bond donors (Lipinski definition) is 1. The first-order chi connectivity index (χ1) is 7.11. The molecular weight excluding hydrogens is 263 g/mol. The largest absolute Gasteiger partial charge is 0.697 e. The van der Waals surface area contributed by atoms with E-state index in [1.165, 1.54) is 6.92 Å². The highest BCUT2D eigenvalue weighted by Gasteiger charge is 2.34. The molecule has 94 valence electrons. The van der Waals surface area contributed by atoms with Crippen molar-refractivity contribution in [3.05, 3.63) is 0 Å². The van der Waals surface area contributed by atoms with Crippen molar-refractivity contribution in [3.8, 4) is 0 Å². The normalized spacial score (nSPS) is 16.4. The summed E-state index contributed by atoms with van der Waals surface area (Å²) in [6.45, 7) is 2.35. The van der Waals surface area contributed by atoms with Crippen molar-refractivity contribution in [1.29, 1.82) is 0 Å². The Morgan fingerprint density at radius 1 is 1.44 bits per heavy atom. The number of rotatable bonds is 6. The van der Waals surface area contributed by atoms with E-state index in [0.717, 1.165) is 13.2 Å². The minimum atomic E-state index is -3.91. The highest BCUT2D eigenvalue weighted by molar-refractivity contribution is 7.86. The predicted octanol–water partition coefficient (Wildman–Crippen LogP) is -0.0934. The van der Waals surface area contributed by atoms with Gasteiger partial charge in [-0.2, -0.15) is 8.42 Å². The van der Waals surface area contributed by atoms with Gasteiger partial charge in [-0.1, -0.05) is 4.52 Å². The minimum Gasteiger partial charge on any atom is -0.457 e. The molecule has 0 aromatic rings. The average molecular weight is 275 g/mol. The van der Waals surface area contributed by atoms with Gasteiger partial charge in [0.15, 0.2) is 6.10 Å². The van der Waals surface area contributed by atoms with Crippen LogP contribution in [-0.4, -0.2) is 37.9 Å². The Kier molecular flexibility index (Phi) is 5.98. The van der Waals surface area contributed by atoms with Crippen molar-refractivity contribution in [1.82, 2.24) is 0 Å². The van der Waals surface area contributed by atoms with Crippen LogP contribution in [0.4, 0.5) is 0 Å². The number of carbonyl (C=O) groups is 1. The summed E-state index contributed by atoms with van der Waals surface area (Å²) >= 11 is 0. The van der Waals surface area contributed by atoms with Gasteiger partial charge >= 0.3 is 14.2 Å². The van der Waals surface area contributed by atoms with Crippen molar-refractivity contribution >= 4 is 24.3 Å². The topological polar surface area (TPSA) is 116 Å². The van der Waals surface area contributed by atoms with E-state index in [-0.39, 0.29) is 0 Å². The van der Waals surface area contributed by atoms with Crippen LogP contribution in [0.2, 0.25) is 0 Å². The molecule has 0 aliphatic rings. The fourth-order valence-electron chi connectivity index (χ4n) is 0.760. The molecule has 0 fully saturated rings. The fourth-order valence-corrected chi connectivity index (χ4v) is 1.75. The second kappa shape index (κ2) is 6.21. The molecule has 1 unspecified atom stereocenters. The predicted molar refractivity (Wildman–Crippen MR) is 51.9 cm³/mol. The van der Waals surface area contributed by atoms with Crippen LogP contribution in [0.25, 0.3) is 0 Å². The summed E-state index contributed by atoms with van der Waals surface area (Å²) in [5.41, 5.74) is 0. The van der Waals surface area contributed by atoms with E-state index < -0.39 is 36.7 Å². The third-order valence-corrected chi connectivity index (χ3v) is 2.13. The van der Waals surface area contributed by atoms with Crippen LogP contribution in [0.1, 0.15) is 13.8 Å². The van der Waals surface area contributed by atoms with Gasteiger partial charge in [0.2, 0.25) is 0 Å². The highest BCUT2D eigenvalue weighted by Crippen LogP contribution is 2.23. The molecule has 1 N–H and O–H groups in total. The van der Waals surface area contributed by atoms with Crippen molar-refractivity contribution in [3.63, 3.8) is 0 Å².